The highest BCUT2D eigenvalue weighted by Gasteiger charge is 2.45. The van der Waals surface area contributed by atoms with Crippen LogP contribution in [0.25, 0.3) is 6.08 Å². The minimum absolute atomic E-state index is 0.0317. The summed E-state index contributed by atoms with van der Waals surface area (Å²) in [7, 11) is 1.26. The smallest absolute Gasteiger partial charge is 0.328 e. The number of rotatable bonds is 5. The maximum absolute atomic E-state index is 12.7. The molecule has 1 heterocycles. The number of Topliss-reactive ketones (excluding diaryl/α,β-unsaturated/α-hetero) is 1. The fourth-order valence-corrected chi connectivity index (χ4v) is 3.30. The van der Waals surface area contributed by atoms with Crippen molar-refractivity contribution in [3.8, 4) is 6.07 Å². The summed E-state index contributed by atoms with van der Waals surface area (Å²) < 4.78 is 5.77. The zero-order valence-electron chi connectivity index (χ0n) is 15.4. The summed E-state index contributed by atoms with van der Waals surface area (Å²) in [6.07, 6.45) is 2.30. The first kappa shape index (κ1) is 20.8. The highest BCUT2D eigenvalue weighted by atomic mass is 79.9. The first-order valence-electron chi connectivity index (χ1n) is 8.62. The summed E-state index contributed by atoms with van der Waals surface area (Å²) >= 11 is 3.35. The Kier molecular flexibility index (Phi) is 6.92. The minimum Gasteiger partial charge on any atom is -0.467 e. The molecule has 142 valence electrons. The summed E-state index contributed by atoms with van der Waals surface area (Å²) in [5.74, 6) is -3.34. The van der Waals surface area contributed by atoms with Gasteiger partial charge in [-0.05, 0) is 29.7 Å². The fraction of sp³-hybridized carbons (Fsp3) is 0.400. The second-order valence-corrected chi connectivity index (χ2v) is 7.38. The van der Waals surface area contributed by atoms with E-state index < -0.39 is 29.6 Å². The average molecular weight is 433 g/mol. The fourth-order valence-electron chi connectivity index (χ4n) is 3.04. The molecule has 0 saturated carbocycles. The van der Waals surface area contributed by atoms with E-state index in [0.29, 0.717) is 12.0 Å². The summed E-state index contributed by atoms with van der Waals surface area (Å²) in [5.41, 5.74) is 1.09. The molecule has 0 aliphatic carbocycles. The van der Waals surface area contributed by atoms with E-state index in [4.69, 9.17) is 4.74 Å². The van der Waals surface area contributed by atoms with E-state index in [-0.39, 0.29) is 12.5 Å². The van der Waals surface area contributed by atoms with Gasteiger partial charge in [-0.2, -0.15) is 5.26 Å². The van der Waals surface area contributed by atoms with Gasteiger partial charge < -0.3 is 9.64 Å². The third-order valence-corrected chi connectivity index (χ3v) is 5.28. The number of methoxy groups -OCH3 is 1. The predicted octanol–water partition coefficient (Wildman–Crippen LogP) is 2.97. The van der Waals surface area contributed by atoms with Gasteiger partial charge in [0.2, 0.25) is 5.91 Å². The lowest BCUT2D eigenvalue weighted by Gasteiger charge is -2.37. The SMILES string of the molecule is CCC(C)C(C(=O)OC)N1C/C(=C/c2ccc(Br)cc2)C(=O)C(C#N)C1=O. The zero-order valence-corrected chi connectivity index (χ0v) is 17.0. The number of halogens is 1. The second-order valence-electron chi connectivity index (χ2n) is 6.47. The van der Waals surface area contributed by atoms with Crippen LogP contribution in [0.2, 0.25) is 0 Å². The lowest BCUT2D eigenvalue weighted by Crippen LogP contribution is -2.56. The van der Waals surface area contributed by atoms with Gasteiger partial charge in [-0.1, -0.05) is 48.3 Å². The van der Waals surface area contributed by atoms with Crippen LogP contribution >= 0.6 is 15.9 Å². The summed E-state index contributed by atoms with van der Waals surface area (Å²) in [4.78, 5) is 39.0. The van der Waals surface area contributed by atoms with Crippen LogP contribution in [0.5, 0.6) is 0 Å². The number of nitrogens with zero attached hydrogens (tertiary/aromatic N) is 2. The van der Waals surface area contributed by atoms with Crippen molar-refractivity contribution in [3.05, 3.63) is 39.9 Å². The number of amides is 1. The number of nitriles is 1. The molecule has 0 N–H and O–H groups in total. The maximum atomic E-state index is 12.7. The Bertz CT molecular complexity index is 810. The third kappa shape index (κ3) is 4.45. The van der Waals surface area contributed by atoms with Crippen molar-refractivity contribution >= 4 is 39.7 Å². The molecule has 1 fully saturated rings. The molecule has 0 bridgehead atoms. The van der Waals surface area contributed by atoms with E-state index >= 15 is 0 Å². The predicted molar refractivity (Wildman–Crippen MR) is 103 cm³/mol. The number of ether oxygens (including phenoxy) is 1. The summed E-state index contributed by atoms with van der Waals surface area (Å²) in [6, 6.07) is 8.25. The standard InChI is InChI=1S/C20H21BrN2O4/c1-4-12(2)17(20(26)27-3)23-11-14(18(24)16(10-22)19(23)25)9-13-5-7-15(21)8-6-13/h5-9,12,16-17H,4,11H2,1-3H3/b14-9-. The molecular weight excluding hydrogens is 412 g/mol. The lowest BCUT2D eigenvalue weighted by atomic mass is 9.87. The highest BCUT2D eigenvalue weighted by Crippen LogP contribution is 2.27. The van der Waals surface area contributed by atoms with Gasteiger partial charge in [-0.15, -0.1) is 0 Å². The Morgan fingerprint density at radius 3 is 2.56 bits per heavy atom. The Hall–Kier alpha value is -2.46. The zero-order chi connectivity index (χ0) is 20.1. The molecule has 1 aliphatic heterocycles. The Labute approximate surface area is 166 Å². The Balaban J connectivity index is 2.47. The quantitative estimate of drug-likeness (QED) is 0.405. The summed E-state index contributed by atoms with van der Waals surface area (Å²) in [5, 5.41) is 9.38. The van der Waals surface area contributed by atoms with Crippen molar-refractivity contribution < 1.29 is 19.1 Å². The van der Waals surface area contributed by atoms with Gasteiger partial charge in [-0.25, -0.2) is 4.79 Å². The van der Waals surface area contributed by atoms with E-state index in [1.54, 1.807) is 12.1 Å². The number of likely N-dealkylation sites (tertiary alicyclic amines) is 1. The number of ketones is 1. The van der Waals surface area contributed by atoms with Gasteiger partial charge >= 0.3 is 5.97 Å². The summed E-state index contributed by atoms with van der Waals surface area (Å²) in [6.45, 7) is 3.71. The van der Waals surface area contributed by atoms with Crippen LogP contribution < -0.4 is 0 Å². The molecule has 0 radical (unpaired) electrons. The van der Waals surface area contributed by atoms with E-state index in [9.17, 15) is 19.6 Å². The second kappa shape index (κ2) is 8.96. The molecule has 1 saturated heterocycles. The number of carbonyl (C=O) groups excluding carboxylic acids is 3. The van der Waals surface area contributed by atoms with Crippen molar-refractivity contribution in [1.29, 1.82) is 5.26 Å². The molecule has 1 aromatic rings. The van der Waals surface area contributed by atoms with Crippen LogP contribution in [-0.2, 0) is 19.1 Å². The van der Waals surface area contributed by atoms with Gasteiger partial charge in [0.15, 0.2) is 11.7 Å². The van der Waals surface area contributed by atoms with Gasteiger partial charge in [0.05, 0.1) is 19.7 Å². The Morgan fingerprint density at radius 1 is 1.41 bits per heavy atom. The monoisotopic (exact) mass is 432 g/mol. The first-order chi connectivity index (χ1) is 12.8. The molecule has 3 unspecified atom stereocenters. The van der Waals surface area contributed by atoms with Gasteiger partial charge in [0.1, 0.15) is 6.04 Å². The molecule has 1 aromatic carbocycles. The topological polar surface area (TPSA) is 87.5 Å². The van der Waals surface area contributed by atoms with E-state index in [2.05, 4.69) is 15.9 Å². The number of hydrogen-bond acceptors (Lipinski definition) is 5. The van der Waals surface area contributed by atoms with Crippen LogP contribution in [0, 0.1) is 23.2 Å². The maximum Gasteiger partial charge on any atom is 0.328 e. The van der Waals surface area contributed by atoms with E-state index in [0.717, 1.165) is 10.0 Å². The molecule has 0 aromatic heterocycles. The largest absolute Gasteiger partial charge is 0.467 e. The molecule has 2 rings (SSSR count). The third-order valence-electron chi connectivity index (χ3n) is 4.75. The van der Waals surface area contributed by atoms with Crippen LogP contribution in [0.4, 0.5) is 0 Å². The molecule has 6 nitrogen and oxygen atoms in total. The first-order valence-corrected chi connectivity index (χ1v) is 9.41. The number of carbonyl (C=O) groups is 3. The number of hydrogen-bond donors (Lipinski definition) is 0. The minimum atomic E-state index is -1.45. The normalized spacial score (nSPS) is 20.9. The number of esters is 1. The average Bonchev–Trinajstić information content (AvgIpc) is 2.67. The van der Waals surface area contributed by atoms with Gasteiger partial charge in [0.25, 0.3) is 0 Å². The van der Waals surface area contributed by atoms with Crippen molar-refractivity contribution in [1.82, 2.24) is 4.90 Å². The van der Waals surface area contributed by atoms with E-state index in [1.165, 1.54) is 12.0 Å². The molecule has 1 amide bonds. The molecule has 3 atom stereocenters. The number of benzene rings is 1. The van der Waals surface area contributed by atoms with Crippen molar-refractivity contribution in [3.63, 3.8) is 0 Å². The van der Waals surface area contributed by atoms with Crippen LogP contribution in [0.3, 0.4) is 0 Å². The molecule has 7 heteroatoms. The highest BCUT2D eigenvalue weighted by molar-refractivity contribution is 9.10. The molecular formula is C20H21BrN2O4. The van der Waals surface area contributed by atoms with Crippen molar-refractivity contribution in [2.45, 2.75) is 26.3 Å². The molecule has 0 spiro atoms. The number of piperidine rings is 1. The molecule has 1 aliphatic rings. The van der Waals surface area contributed by atoms with Crippen LogP contribution in [0.15, 0.2) is 34.3 Å². The van der Waals surface area contributed by atoms with Crippen molar-refractivity contribution in [2.75, 3.05) is 13.7 Å². The van der Waals surface area contributed by atoms with Crippen molar-refractivity contribution in [2.24, 2.45) is 11.8 Å². The van der Waals surface area contributed by atoms with E-state index in [1.807, 2.05) is 38.1 Å². The van der Waals surface area contributed by atoms with Crippen LogP contribution in [0.1, 0.15) is 25.8 Å². The molecule has 27 heavy (non-hydrogen) atoms. The van der Waals surface area contributed by atoms with Crippen LogP contribution in [-0.4, -0.2) is 42.3 Å². The Morgan fingerprint density at radius 2 is 2.04 bits per heavy atom. The lowest BCUT2D eigenvalue weighted by molar-refractivity contribution is -0.158. The van der Waals surface area contributed by atoms with Gasteiger partial charge in [0, 0.05) is 10.0 Å². The van der Waals surface area contributed by atoms with Gasteiger partial charge in [-0.3, -0.25) is 9.59 Å².